The normalized spacial score (nSPS) is 14.8. The van der Waals surface area contributed by atoms with Gasteiger partial charge in [-0.1, -0.05) is 48.5 Å². The fraction of sp³-hybridized carbons (Fsp3) is 0.385. The van der Waals surface area contributed by atoms with E-state index in [0.29, 0.717) is 12.8 Å². The Balaban J connectivity index is 0.000000237. The number of alkyl halides is 12. The van der Waals surface area contributed by atoms with Gasteiger partial charge in [0.2, 0.25) is 0 Å². The molecule has 0 unspecified atom stereocenters. The van der Waals surface area contributed by atoms with E-state index in [2.05, 4.69) is 4.74 Å². The first-order chi connectivity index (χ1) is 20.5. The summed E-state index contributed by atoms with van der Waals surface area (Å²) in [5.74, 6) is -9.89. The van der Waals surface area contributed by atoms with Gasteiger partial charge in [0.05, 0.1) is 0 Å². The molecule has 2 amide bonds. The summed E-state index contributed by atoms with van der Waals surface area (Å²) >= 11 is 0. The zero-order chi connectivity index (χ0) is 34.4. The molecule has 0 aromatic heterocycles. The molecule has 0 saturated carbocycles. The van der Waals surface area contributed by atoms with E-state index in [1.54, 1.807) is 24.3 Å². The van der Waals surface area contributed by atoms with Gasteiger partial charge in [0.25, 0.3) is 0 Å². The molecule has 0 aliphatic carbocycles. The molecule has 0 fully saturated rings. The van der Waals surface area contributed by atoms with Gasteiger partial charge < -0.3 is 14.5 Å². The van der Waals surface area contributed by atoms with E-state index >= 15 is 0 Å². The Morgan fingerprint density at radius 3 is 1.04 bits per heavy atom. The summed E-state index contributed by atoms with van der Waals surface area (Å²) in [6.07, 6.45) is -19.8. The van der Waals surface area contributed by atoms with Crippen molar-refractivity contribution in [2.45, 2.75) is 50.6 Å². The third-order valence-electron chi connectivity index (χ3n) is 5.97. The highest BCUT2D eigenvalue weighted by Crippen LogP contribution is 2.26. The fourth-order valence-corrected chi connectivity index (χ4v) is 3.90. The van der Waals surface area contributed by atoms with Crippen LogP contribution in [0.1, 0.15) is 22.3 Å². The fourth-order valence-electron chi connectivity index (χ4n) is 3.90. The number of carbonyl (C=O) groups is 4. The molecule has 0 saturated heterocycles. The lowest BCUT2D eigenvalue weighted by Crippen LogP contribution is -2.43. The van der Waals surface area contributed by atoms with Crippen molar-refractivity contribution < 1.29 is 76.6 Å². The van der Waals surface area contributed by atoms with Crippen LogP contribution in [-0.4, -0.2) is 71.3 Å². The second kappa shape index (κ2) is 14.2. The molecule has 45 heavy (non-hydrogen) atoms. The van der Waals surface area contributed by atoms with Gasteiger partial charge >= 0.3 is 48.5 Å². The Labute approximate surface area is 245 Å². The molecule has 248 valence electrons. The molecule has 2 aliphatic heterocycles. The van der Waals surface area contributed by atoms with Crippen LogP contribution >= 0.6 is 0 Å². The van der Waals surface area contributed by atoms with Crippen LogP contribution in [0, 0.1) is 0 Å². The smallest absolute Gasteiger partial charge is 0.380 e. The highest BCUT2D eigenvalue weighted by atomic mass is 19.4. The number of nitrogens with zero attached hydrogens (tertiary/aromatic N) is 2. The van der Waals surface area contributed by atoms with Gasteiger partial charge in [0, 0.05) is 26.2 Å². The van der Waals surface area contributed by atoms with Crippen LogP contribution in [0.25, 0.3) is 0 Å². The van der Waals surface area contributed by atoms with E-state index in [9.17, 15) is 71.9 Å². The highest BCUT2D eigenvalue weighted by molar-refractivity contribution is 5.90. The summed E-state index contributed by atoms with van der Waals surface area (Å²) < 4.78 is 143. The van der Waals surface area contributed by atoms with Crippen LogP contribution in [0.15, 0.2) is 48.5 Å². The van der Waals surface area contributed by atoms with Crippen molar-refractivity contribution in [1.29, 1.82) is 0 Å². The van der Waals surface area contributed by atoms with Crippen LogP contribution < -0.4 is 0 Å². The van der Waals surface area contributed by atoms with E-state index in [4.69, 9.17) is 0 Å². The maximum absolute atomic E-state index is 12.2. The van der Waals surface area contributed by atoms with Crippen LogP contribution in [0.2, 0.25) is 0 Å². The predicted octanol–water partition coefficient (Wildman–Crippen LogP) is 5.45. The Morgan fingerprint density at radius 2 is 0.778 bits per heavy atom. The maximum Gasteiger partial charge on any atom is 0.491 e. The number of ether oxygens (including phenoxy) is 1. The molecule has 2 heterocycles. The topological polar surface area (TPSA) is 84.0 Å². The first-order valence-electron chi connectivity index (χ1n) is 12.3. The first kappa shape index (κ1) is 36.9. The van der Waals surface area contributed by atoms with Crippen LogP contribution in [-0.2, 0) is 49.8 Å². The van der Waals surface area contributed by atoms with E-state index in [0.717, 1.165) is 32.1 Å². The number of esters is 2. The summed E-state index contributed by atoms with van der Waals surface area (Å²) in [6.45, 7) is 0.369. The summed E-state index contributed by atoms with van der Waals surface area (Å²) in [5, 5.41) is 0. The Morgan fingerprint density at radius 1 is 0.489 bits per heavy atom. The van der Waals surface area contributed by atoms with Crippen molar-refractivity contribution in [2.24, 2.45) is 0 Å². The third kappa shape index (κ3) is 11.0. The summed E-state index contributed by atoms with van der Waals surface area (Å²) in [6, 6.07) is 14.5. The lowest BCUT2D eigenvalue weighted by atomic mass is 10.00. The lowest BCUT2D eigenvalue weighted by Gasteiger charge is -2.29. The Bertz CT molecular complexity index is 1280. The number of amides is 2. The summed E-state index contributed by atoms with van der Waals surface area (Å²) in [4.78, 5) is 43.1. The number of carbonyl (C=O) groups excluding carboxylic acids is 4. The van der Waals surface area contributed by atoms with Crippen molar-refractivity contribution in [1.82, 2.24) is 9.80 Å². The standard InChI is InChI=1S/2C11H10F3NO.C4F6O3/c2*12-11(13,14)10(16)15-6-5-8-3-1-2-4-9(8)7-15;5-3(6,7)1(11)13-2(12)4(8,9)10/h2*1-4H,5-7H2;. The van der Waals surface area contributed by atoms with E-state index in [1.165, 1.54) is 0 Å². The van der Waals surface area contributed by atoms with Crippen molar-refractivity contribution >= 4 is 23.8 Å². The van der Waals surface area contributed by atoms with Gasteiger partial charge in [-0.25, -0.2) is 9.59 Å². The number of hydrogen-bond acceptors (Lipinski definition) is 5. The van der Waals surface area contributed by atoms with E-state index < -0.39 is 48.5 Å². The van der Waals surface area contributed by atoms with Crippen LogP contribution in [0.4, 0.5) is 52.7 Å². The van der Waals surface area contributed by atoms with Gasteiger partial charge in [-0.2, -0.15) is 52.7 Å². The lowest BCUT2D eigenvalue weighted by molar-refractivity contribution is -0.221. The number of halogens is 12. The zero-order valence-electron chi connectivity index (χ0n) is 22.3. The SMILES string of the molecule is O=C(N1CCc2ccccc2C1)C(F)(F)F.O=C(N1CCc2ccccc2C1)C(F)(F)F.O=C(OC(=O)C(F)(F)F)C(F)(F)F. The summed E-state index contributed by atoms with van der Waals surface area (Å²) in [7, 11) is 0. The maximum atomic E-state index is 12.2. The first-order valence-corrected chi connectivity index (χ1v) is 12.3. The number of benzene rings is 2. The van der Waals surface area contributed by atoms with E-state index in [1.807, 2.05) is 24.3 Å². The minimum Gasteiger partial charge on any atom is -0.380 e. The molecule has 0 N–H and O–H groups in total. The average molecular weight is 668 g/mol. The molecule has 19 heteroatoms. The molecule has 0 atom stereocenters. The number of rotatable bonds is 0. The highest BCUT2D eigenvalue weighted by Gasteiger charge is 2.49. The van der Waals surface area contributed by atoms with Crippen molar-refractivity contribution in [3.8, 4) is 0 Å². The van der Waals surface area contributed by atoms with Crippen molar-refractivity contribution in [3.63, 3.8) is 0 Å². The van der Waals surface area contributed by atoms with Gasteiger partial charge in [-0.15, -0.1) is 0 Å². The van der Waals surface area contributed by atoms with Crippen molar-refractivity contribution in [2.75, 3.05) is 13.1 Å². The third-order valence-corrected chi connectivity index (χ3v) is 5.97. The largest absolute Gasteiger partial charge is 0.491 e. The molecular weight excluding hydrogens is 648 g/mol. The molecule has 2 aromatic carbocycles. The number of fused-ring (bicyclic) bond motifs is 2. The average Bonchev–Trinajstić information content (AvgIpc) is 2.94. The van der Waals surface area contributed by atoms with Crippen LogP contribution in [0.5, 0.6) is 0 Å². The molecule has 2 aromatic rings. The number of hydrogen-bond donors (Lipinski definition) is 0. The monoisotopic (exact) mass is 668 g/mol. The predicted molar refractivity (Wildman–Crippen MR) is 126 cm³/mol. The van der Waals surface area contributed by atoms with Gasteiger partial charge in [0.1, 0.15) is 0 Å². The zero-order valence-corrected chi connectivity index (χ0v) is 22.3. The van der Waals surface area contributed by atoms with Crippen LogP contribution in [0.3, 0.4) is 0 Å². The molecule has 2 aliphatic rings. The van der Waals surface area contributed by atoms with E-state index in [-0.39, 0.29) is 26.2 Å². The minimum atomic E-state index is -5.62. The minimum absolute atomic E-state index is 0.0501. The molecule has 7 nitrogen and oxygen atoms in total. The molecule has 0 bridgehead atoms. The molecule has 0 spiro atoms. The quantitative estimate of drug-likeness (QED) is 0.212. The van der Waals surface area contributed by atoms with Gasteiger partial charge in [-0.05, 0) is 35.1 Å². The van der Waals surface area contributed by atoms with Gasteiger partial charge in [0.15, 0.2) is 0 Å². The second-order valence-electron chi connectivity index (χ2n) is 9.16. The second-order valence-corrected chi connectivity index (χ2v) is 9.16. The van der Waals surface area contributed by atoms with Crippen molar-refractivity contribution in [3.05, 3.63) is 70.8 Å². The Hall–Kier alpha value is -4.32. The molecule has 0 radical (unpaired) electrons. The molecular formula is C26H20F12N2O5. The van der Waals surface area contributed by atoms with Gasteiger partial charge in [-0.3, -0.25) is 9.59 Å². The molecule has 4 rings (SSSR count). The Kier molecular flexibility index (Phi) is 11.6. The summed E-state index contributed by atoms with van der Waals surface area (Å²) in [5.41, 5.74) is 3.64.